The first-order valence-electron chi connectivity index (χ1n) is 28.7. The second kappa shape index (κ2) is 50.9. The molecule has 0 aromatic rings. The average molecular weight is 962 g/mol. The van der Waals surface area contributed by atoms with Crippen molar-refractivity contribution in [2.75, 3.05) is 47.5 Å². The van der Waals surface area contributed by atoms with E-state index in [0.717, 1.165) is 64.2 Å². The summed E-state index contributed by atoms with van der Waals surface area (Å²) in [4.78, 5) is 37.3. The van der Waals surface area contributed by atoms with Gasteiger partial charge in [-0.05, 0) is 64.2 Å². The Labute approximate surface area is 420 Å². The molecule has 9 heteroatoms. The van der Waals surface area contributed by atoms with Crippen LogP contribution in [0.3, 0.4) is 0 Å². The first kappa shape index (κ1) is 65.5. The Morgan fingerprint density at radius 2 is 0.809 bits per heavy atom. The number of carbonyl (C=O) groups excluding carboxylic acids is 2. The molecule has 0 bridgehead atoms. The lowest BCUT2D eigenvalue weighted by Crippen LogP contribution is -2.40. The highest BCUT2D eigenvalue weighted by Gasteiger charge is 2.25. The predicted octanol–water partition coefficient (Wildman–Crippen LogP) is 16.5. The number of esters is 2. The van der Waals surface area contributed by atoms with Gasteiger partial charge in [0.25, 0.3) is 6.29 Å². The summed E-state index contributed by atoms with van der Waals surface area (Å²) in [6.07, 6.45) is 58.1. The number of ether oxygens (including phenoxy) is 4. The van der Waals surface area contributed by atoms with Crippen LogP contribution in [-0.2, 0) is 33.3 Å². The zero-order valence-electron chi connectivity index (χ0n) is 45.3. The van der Waals surface area contributed by atoms with E-state index < -0.39 is 24.3 Å². The zero-order chi connectivity index (χ0) is 49.9. The number of allylic oxidation sites excluding steroid dienone is 6. The van der Waals surface area contributed by atoms with Gasteiger partial charge < -0.3 is 28.5 Å². The summed E-state index contributed by atoms with van der Waals surface area (Å²) in [5.41, 5.74) is 0. The predicted molar refractivity (Wildman–Crippen MR) is 286 cm³/mol. The first-order chi connectivity index (χ1) is 33.1. The zero-order valence-corrected chi connectivity index (χ0v) is 45.3. The minimum atomic E-state index is -1.51. The number of carboxylic acid groups (broad SMARTS) is 1. The smallest absolute Gasteiger partial charge is 0.361 e. The van der Waals surface area contributed by atoms with Gasteiger partial charge >= 0.3 is 17.9 Å². The van der Waals surface area contributed by atoms with Crippen molar-refractivity contribution in [3.8, 4) is 0 Å². The minimum Gasteiger partial charge on any atom is -0.477 e. The molecule has 0 aromatic heterocycles. The third-order valence-corrected chi connectivity index (χ3v) is 12.6. The van der Waals surface area contributed by atoms with E-state index in [1.54, 1.807) is 0 Å². The highest BCUT2D eigenvalue weighted by molar-refractivity contribution is 5.71. The van der Waals surface area contributed by atoms with Crippen molar-refractivity contribution in [3.05, 3.63) is 36.5 Å². The van der Waals surface area contributed by atoms with Gasteiger partial charge in [-0.25, -0.2) is 4.79 Å². The summed E-state index contributed by atoms with van der Waals surface area (Å²) in [5, 5.41) is 9.68. The molecule has 0 fully saturated rings. The van der Waals surface area contributed by atoms with E-state index in [9.17, 15) is 19.5 Å². The molecule has 0 aliphatic heterocycles. The number of likely N-dealkylation sites (N-methyl/N-ethyl adjacent to an activating group) is 1. The van der Waals surface area contributed by atoms with Gasteiger partial charge in [-0.3, -0.25) is 9.59 Å². The van der Waals surface area contributed by atoms with Gasteiger partial charge in [0.1, 0.15) is 13.2 Å². The SMILES string of the molecule is CCCC/C=C\C/C=C\CCCCCCCC(=O)OC(COC(=O)CCCCCCCCCCCCCCCCCCC/C=C\CCCCCCCCCC)COC(OCC[N+](C)(C)C)C(=O)O. The molecule has 0 aliphatic rings. The third-order valence-electron chi connectivity index (χ3n) is 12.6. The van der Waals surface area contributed by atoms with Crippen molar-refractivity contribution in [3.63, 3.8) is 0 Å². The fraction of sp³-hybridized carbons (Fsp3) is 0.847. The summed E-state index contributed by atoms with van der Waals surface area (Å²) in [6, 6.07) is 0. The lowest BCUT2D eigenvalue weighted by molar-refractivity contribution is -0.870. The number of carbonyl (C=O) groups is 3. The fourth-order valence-electron chi connectivity index (χ4n) is 8.14. The quantitative estimate of drug-likeness (QED) is 0.0211. The Morgan fingerprint density at radius 1 is 0.441 bits per heavy atom. The van der Waals surface area contributed by atoms with E-state index in [-0.39, 0.29) is 32.2 Å². The maximum absolute atomic E-state index is 12.8. The summed E-state index contributed by atoms with van der Waals surface area (Å²) < 4.78 is 22.8. The van der Waals surface area contributed by atoms with Crippen LogP contribution in [0, 0.1) is 0 Å². The van der Waals surface area contributed by atoms with Gasteiger partial charge in [0.15, 0.2) is 6.10 Å². The van der Waals surface area contributed by atoms with E-state index in [1.165, 1.54) is 167 Å². The molecule has 0 aromatic carbocycles. The van der Waals surface area contributed by atoms with E-state index in [2.05, 4.69) is 50.3 Å². The molecule has 0 rings (SSSR count). The number of unbranched alkanes of at least 4 members (excludes halogenated alkanes) is 32. The molecule has 9 nitrogen and oxygen atoms in total. The molecule has 0 spiro atoms. The Kier molecular flexibility index (Phi) is 49.0. The summed E-state index contributed by atoms with van der Waals surface area (Å²) in [5.74, 6) is -2.01. The van der Waals surface area contributed by atoms with Crippen molar-refractivity contribution in [1.29, 1.82) is 0 Å². The van der Waals surface area contributed by atoms with Crippen LogP contribution in [0.4, 0.5) is 0 Å². The molecule has 0 saturated heterocycles. The van der Waals surface area contributed by atoms with Gasteiger partial charge in [-0.2, -0.15) is 0 Å². The van der Waals surface area contributed by atoms with Crippen LogP contribution in [-0.4, -0.2) is 87.4 Å². The maximum atomic E-state index is 12.8. The highest BCUT2D eigenvalue weighted by atomic mass is 16.7. The lowest BCUT2D eigenvalue weighted by atomic mass is 10.0. The lowest BCUT2D eigenvalue weighted by Gasteiger charge is -2.25. The van der Waals surface area contributed by atoms with Crippen LogP contribution < -0.4 is 0 Å². The molecule has 2 unspecified atom stereocenters. The molecular formula is C59H110NO8+. The summed E-state index contributed by atoms with van der Waals surface area (Å²) in [6.45, 7) is 4.84. The van der Waals surface area contributed by atoms with Crippen LogP contribution >= 0.6 is 0 Å². The fourth-order valence-corrected chi connectivity index (χ4v) is 8.14. The molecule has 398 valence electrons. The van der Waals surface area contributed by atoms with E-state index in [4.69, 9.17) is 18.9 Å². The molecule has 0 amide bonds. The number of rotatable bonds is 53. The topological polar surface area (TPSA) is 108 Å². The van der Waals surface area contributed by atoms with Crippen molar-refractivity contribution < 1.29 is 42.9 Å². The Morgan fingerprint density at radius 3 is 1.22 bits per heavy atom. The number of hydrogen-bond acceptors (Lipinski definition) is 7. The van der Waals surface area contributed by atoms with Crippen LogP contribution in [0.15, 0.2) is 36.5 Å². The monoisotopic (exact) mass is 961 g/mol. The molecule has 68 heavy (non-hydrogen) atoms. The van der Waals surface area contributed by atoms with Crippen molar-refractivity contribution in [2.24, 2.45) is 0 Å². The molecule has 0 aliphatic carbocycles. The largest absolute Gasteiger partial charge is 0.477 e. The number of carboxylic acids is 1. The van der Waals surface area contributed by atoms with Crippen molar-refractivity contribution in [1.82, 2.24) is 0 Å². The second-order valence-electron chi connectivity index (χ2n) is 20.6. The molecule has 0 heterocycles. The van der Waals surface area contributed by atoms with Gasteiger partial charge in [-0.15, -0.1) is 0 Å². The van der Waals surface area contributed by atoms with Crippen LogP contribution in [0.25, 0.3) is 0 Å². The maximum Gasteiger partial charge on any atom is 0.361 e. The van der Waals surface area contributed by atoms with Gasteiger partial charge in [0.2, 0.25) is 0 Å². The normalized spacial score (nSPS) is 13.0. The van der Waals surface area contributed by atoms with Crippen molar-refractivity contribution >= 4 is 17.9 Å². The molecule has 2 atom stereocenters. The first-order valence-corrected chi connectivity index (χ1v) is 28.7. The van der Waals surface area contributed by atoms with Gasteiger partial charge in [0, 0.05) is 12.8 Å². The number of aliphatic carboxylic acids is 1. The van der Waals surface area contributed by atoms with Crippen LogP contribution in [0.2, 0.25) is 0 Å². The number of hydrogen-bond donors (Lipinski definition) is 1. The molecule has 0 saturated carbocycles. The standard InChI is InChI=1S/C59H109NO8/c1-6-8-10-12-14-16-18-20-22-23-24-25-26-27-28-29-30-31-32-33-34-35-36-38-39-41-43-45-47-49-56(61)66-53-55(54-67-59(58(63)64)65-52-51-60(3,4)5)68-57(62)50-48-46-44-42-40-37-21-19-17-15-13-11-9-7-2/h13,15,19,21,23-24,55,59H,6-12,14,16-18,20,22,25-54H2,1-5H3/p+1/b15-13-,21-19-,24-23-. The van der Waals surface area contributed by atoms with Gasteiger partial charge in [-0.1, -0.05) is 224 Å². The highest BCUT2D eigenvalue weighted by Crippen LogP contribution is 2.16. The van der Waals surface area contributed by atoms with Crippen LogP contribution in [0.5, 0.6) is 0 Å². The Hall–Kier alpha value is -2.49. The Balaban J connectivity index is 4.11. The van der Waals surface area contributed by atoms with Crippen molar-refractivity contribution in [2.45, 2.75) is 277 Å². The average Bonchev–Trinajstić information content (AvgIpc) is 3.30. The van der Waals surface area contributed by atoms with E-state index in [0.29, 0.717) is 23.9 Å². The number of quaternary nitrogens is 1. The third kappa shape index (κ3) is 51.4. The Bertz CT molecular complexity index is 1210. The minimum absolute atomic E-state index is 0.185. The molecule has 1 N–H and O–H groups in total. The van der Waals surface area contributed by atoms with Crippen LogP contribution in [0.1, 0.15) is 264 Å². The van der Waals surface area contributed by atoms with E-state index >= 15 is 0 Å². The second-order valence-corrected chi connectivity index (χ2v) is 20.6. The van der Waals surface area contributed by atoms with E-state index in [1.807, 2.05) is 21.1 Å². The summed E-state index contributed by atoms with van der Waals surface area (Å²) in [7, 11) is 5.96. The molecular weight excluding hydrogens is 851 g/mol. The van der Waals surface area contributed by atoms with Gasteiger partial charge in [0.05, 0.1) is 34.4 Å². The number of nitrogens with zero attached hydrogens (tertiary/aromatic N) is 1. The summed E-state index contributed by atoms with van der Waals surface area (Å²) >= 11 is 0. The molecule has 0 radical (unpaired) electrons.